The number of carbonyl (C=O) groups is 1. The van der Waals surface area contributed by atoms with E-state index in [-0.39, 0.29) is 5.91 Å². The lowest BCUT2D eigenvalue weighted by Gasteiger charge is -2.22. The first-order chi connectivity index (χ1) is 7.84. The number of nitrogens with one attached hydrogen (secondary N) is 2. The van der Waals surface area contributed by atoms with Crippen LogP contribution >= 0.6 is 0 Å². The van der Waals surface area contributed by atoms with Crippen LogP contribution in [0.25, 0.3) is 6.08 Å². The molecule has 3 nitrogen and oxygen atoms in total. The van der Waals surface area contributed by atoms with Crippen molar-refractivity contribution in [2.45, 2.75) is 0 Å². The molecule has 0 spiro atoms. The summed E-state index contributed by atoms with van der Waals surface area (Å²) >= 11 is 0. The van der Waals surface area contributed by atoms with Crippen molar-refractivity contribution >= 4 is 12.0 Å². The normalized spacial score (nSPS) is 21.0. The van der Waals surface area contributed by atoms with Crippen molar-refractivity contribution in [2.75, 3.05) is 26.2 Å². The zero-order chi connectivity index (χ0) is 11.2. The lowest BCUT2D eigenvalue weighted by molar-refractivity contribution is -0.887. The van der Waals surface area contributed by atoms with Crippen molar-refractivity contribution in [1.82, 2.24) is 5.32 Å². The zero-order valence-electron chi connectivity index (χ0n) is 9.28. The smallest absolute Gasteiger partial charge is 0.275 e. The number of amides is 1. The minimum Gasteiger partial charge on any atom is -0.346 e. The summed E-state index contributed by atoms with van der Waals surface area (Å²) in [5.74, 6) is 0.161. The highest BCUT2D eigenvalue weighted by atomic mass is 16.2. The SMILES string of the molecule is O=C1C[NH+](C/C=C/c2ccccc2)CCN1. The average molecular weight is 217 g/mol. The first kappa shape index (κ1) is 10.9. The number of carbonyl (C=O) groups excluding carboxylic acids is 1. The Balaban J connectivity index is 1.83. The first-order valence-corrected chi connectivity index (χ1v) is 5.66. The summed E-state index contributed by atoms with van der Waals surface area (Å²) in [6.07, 6.45) is 4.25. The Labute approximate surface area is 95.8 Å². The van der Waals surface area contributed by atoms with E-state index in [2.05, 4.69) is 29.6 Å². The predicted octanol–water partition coefficient (Wildman–Crippen LogP) is -0.286. The average Bonchev–Trinajstić information content (AvgIpc) is 2.30. The summed E-state index contributed by atoms with van der Waals surface area (Å²) in [4.78, 5) is 12.5. The summed E-state index contributed by atoms with van der Waals surface area (Å²) in [7, 11) is 0. The minimum atomic E-state index is 0.161. The fourth-order valence-electron chi connectivity index (χ4n) is 1.86. The highest BCUT2D eigenvalue weighted by Gasteiger charge is 2.17. The van der Waals surface area contributed by atoms with E-state index in [9.17, 15) is 4.79 Å². The van der Waals surface area contributed by atoms with Gasteiger partial charge < -0.3 is 10.2 Å². The van der Waals surface area contributed by atoms with Crippen molar-refractivity contribution in [3.05, 3.63) is 42.0 Å². The summed E-state index contributed by atoms with van der Waals surface area (Å²) in [5.41, 5.74) is 1.21. The third kappa shape index (κ3) is 3.21. The number of hydrogen-bond acceptors (Lipinski definition) is 1. The Morgan fingerprint density at radius 1 is 1.31 bits per heavy atom. The molecule has 1 unspecified atom stereocenters. The molecule has 1 aromatic carbocycles. The molecule has 1 saturated heterocycles. The molecule has 0 radical (unpaired) electrons. The second-order valence-electron chi connectivity index (χ2n) is 4.04. The van der Waals surface area contributed by atoms with E-state index >= 15 is 0 Å². The van der Waals surface area contributed by atoms with Crippen molar-refractivity contribution in [3.8, 4) is 0 Å². The van der Waals surface area contributed by atoms with E-state index in [0.29, 0.717) is 6.54 Å². The molecular formula is C13H17N2O+. The molecule has 1 aliphatic heterocycles. The minimum absolute atomic E-state index is 0.161. The van der Waals surface area contributed by atoms with Crippen LogP contribution in [0.3, 0.4) is 0 Å². The van der Waals surface area contributed by atoms with Crippen LogP contribution in [0.15, 0.2) is 36.4 Å². The van der Waals surface area contributed by atoms with Crippen LogP contribution in [-0.4, -0.2) is 32.1 Å². The number of quaternary nitrogens is 1. The molecule has 1 atom stereocenters. The Morgan fingerprint density at radius 3 is 2.88 bits per heavy atom. The van der Waals surface area contributed by atoms with E-state index in [1.807, 2.05) is 18.2 Å². The molecule has 1 aromatic rings. The molecule has 1 heterocycles. The van der Waals surface area contributed by atoms with Gasteiger partial charge >= 0.3 is 0 Å². The summed E-state index contributed by atoms with van der Waals surface area (Å²) < 4.78 is 0. The van der Waals surface area contributed by atoms with Crippen LogP contribution in [0.5, 0.6) is 0 Å². The Bertz CT molecular complexity index is 373. The fourth-order valence-corrected chi connectivity index (χ4v) is 1.86. The van der Waals surface area contributed by atoms with Gasteiger partial charge in [0.05, 0.1) is 19.6 Å². The summed E-state index contributed by atoms with van der Waals surface area (Å²) in [6, 6.07) is 10.2. The van der Waals surface area contributed by atoms with Crippen molar-refractivity contribution in [2.24, 2.45) is 0 Å². The monoisotopic (exact) mass is 217 g/mol. The van der Waals surface area contributed by atoms with Gasteiger partial charge in [0.25, 0.3) is 5.91 Å². The Morgan fingerprint density at radius 2 is 2.12 bits per heavy atom. The predicted molar refractivity (Wildman–Crippen MR) is 64.0 cm³/mol. The van der Waals surface area contributed by atoms with E-state index in [0.717, 1.165) is 19.6 Å². The maximum atomic E-state index is 11.2. The molecular weight excluding hydrogens is 200 g/mol. The number of benzene rings is 1. The topological polar surface area (TPSA) is 33.5 Å². The van der Waals surface area contributed by atoms with Crippen LogP contribution in [0.2, 0.25) is 0 Å². The van der Waals surface area contributed by atoms with Gasteiger partial charge in [0.1, 0.15) is 0 Å². The van der Waals surface area contributed by atoms with Gasteiger partial charge in [-0.15, -0.1) is 0 Å². The third-order valence-corrected chi connectivity index (χ3v) is 2.73. The molecule has 0 aliphatic carbocycles. The molecule has 84 valence electrons. The van der Waals surface area contributed by atoms with Gasteiger partial charge in [0, 0.05) is 0 Å². The summed E-state index contributed by atoms with van der Waals surface area (Å²) in [5, 5.41) is 2.84. The van der Waals surface area contributed by atoms with E-state index in [1.165, 1.54) is 10.5 Å². The van der Waals surface area contributed by atoms with Crippen molar-refractivity contribution < 1.29 is 9.69 Å². The van der Waals surface area contributed by atoms with Gasteiger partial charge in [0.15, 0.2) is 6.54 Å². The molecule has 16 heavy (non-hydrogen) atoms. The Hall–Kier alpha value is -1.61. The number of rotatable bonds is 3. The Kier molecular flexibility index (Phi) is 3.72. The quantitative estimate of drug-likeness (QED) is 0.717. The van der Waals surface area contributed by atoms with E-state index in [1.54, 1.807) is 0 Å². The van der Waals surface area contributed by atoms with E-state index < -0.39 is 0 Å². The van der Waals surface area contributed by atoms with Gasteiger partial charge in [-0.3, -0.25) is 4.79 Å². The second kappa shape index (κ2) is 5.47. The largest absolute Gasteiger partial charge is 0.346 e. The van der Waals surface area contributed by atoms with Gasteiger partial charge in [0.2, 0.25) is 0 Å². The molecule has 0 bridgehead atoms. The molecule has 0 aromatic heterocycles. The molecule has 2 N–H and O–H groups in total. The van der Waals surface area contributed by atoms with Gasteiger partial charge in [-0.25, -0.2) is 0 Å². The van der Waals surface area contributed by atoms with Crippen LogP contribution < -0.4 is 10.2 Å². The van der Waals surface area contributed by atoms with Crippen molar-refractivity contribution in [1.29, 1.82) is 0 Å². The maximum absolute atomic E-state index is 11.2. The highest BCUT2D eigenvalue weighted by molar-refractivity contribution is 5.77. The maximum Gasteiger partial charge on any atom is 0.275 e. The van der Waals surface area contributed by atoms with Gasteiger partial charge in [-0.2, -0.15) is 0 Å². The van der Waals surface area contributed by atoms with Crippen LogP contribution in [-0.2, 0) is 4.79 Å². The van der Waals surface area contributed by atoms with Gasteiger partial charge in [-0.05, 0) is 11.6 Å². The van der Waals surface area contributed by atoms with Crippen LogP contribution in [0.4, 0.5) is 0 Å². The number of hydrogen-bond donors (Lipinski definition) is 2. The molecule has 1 aliphatic rings. The standard InChI is InChI=1S/C13H16N2O/c16-13-11-15(10-8-14-13)9-4-7-12-5-2-1-3-6-12/h1-7H,8-11H2,(H,14,16)/p+1/b7-4+. The zero-order valence-corrected chi connectivity index (χ0v) is 9.28. The molecule has 1 fully saturated rings. The van der Waals surface area contributed by atoms with Crippen LogP contribution in [0, 0.1) is 0 Å². The molecule has 1 amide bonds. The van der Waals surface area contributed by atoms with Gasteiger partial charge in [-0.1, -0.05) is 36.4 Å². The van der Waals surface area contributed by atoms with E-state index in [4.69, 9.17) is 0 Å². The third-order valence-electron chi connectivity index (χ3n) is 2.73. The summed E-state index contributed by atoms with van der Waals surface area (Å²) in [6.45, 7) is 3.33. The molecule has 0 saturated carbocycles. The molecule has 3 heteroatoms. The fraction of sp³-hybridized carbons (Fsp3) is 0.308. The first-order valence-electron chi connectivity index (χ1n) is 5.66. The second-order valence-corrected chi connectivity index (χ2v) is 4.04. The molecule has 2 rings (SSSR count). The van der Waals surface area contributed by atoms with Crippen molar-refractivity contribution in [3.63, 3.8) is 0 Å². The van der Waals surface area contributed by atoms with Crippen LogP contribution in [0.1, 0.15) is 5.56 Å². The number of piperazine rings is 1. The lowest BCUT2D eigenvalue weighted by Crippen LogP contribution is -3.15. The lowest BCUT2D eigenvalue weighted by atomic mass is 10.2. The highest BCUT2D eigenvalue weighted by Crippen LogP contribution is 1.99.